The Morgan fingerprint density at radius 1 is 0.725 bits per heavy atom. The first-order valence-corrected chi connectivity index (χ1v) is 14.4. The fourth-order valence-corrected chi connectivity index (χ4v) is 7.05. The van der Waals surface area contributed by atoms with Gasteiger partial charge in [-0.15, -0.1) is 11.3 Å². The number of anilines is 3. The second kappa shape index (κ2) is 9.54. The minimum absolute atomic E-state index is 0.629. The molecule has 2 aromatic heterocycles. The number of alkyl halides is 3. The zero-order valence-corrected chi connectivity index (χ0v) is 22.9. The number of aromatic nitrogens is 1. The van der Waals surface area contributed by atoms with Crippen molar-refractivity contribution in [2.75, 3.05) is 4.90 Å². The standard InChI is InChI=1S/C33H21F3N2S2/c1-20-12-17-27(38-25-7-2-4-9-29(25)40-30-10-5-3-8-26(30)38)32-31(20)23(28-11-6-18-39-28)19-24(37-32)21-13-15-22(16-14-21)33(34,35)36/h2-19H,1H3. The van der Waals surface area contributed by atoms with Crippen LogP contribution in [0.5, 0.6) is 0 Å². The molecule has 0 unspecified atom stereocenters. The van der Waals surface area contributed by atoms with E-state index in [2.05, 4.69) is 54.3 Å². The molecule has 0 saturated carbocycles. The van der Waals surface area contributed by atoms with E-state index in [9.17, 15) is 13.2 Å². The molecule has 3 heterocycles. The third-order valence-electron chi connectivity index (χ3n) is 7.12. The highest BCUT2D eigenvalue weighted by molar-refractivity contribution is 7.99. The lowest BCUT2D eigenvalue weighted by Crippen LogP contribution is -2.15. The van der Waals surface area contributed by atoms with E-state index in [-0.39, 0.29) is 0 Å². The summed E-state index contributed by atoms with van der Waals surface area (Å²) in [4.78, 5) is 10.8. The number of hydrogen-bond donors (Lipinski definition) is 0. The van der Waals surface area contributed by atoms with Gasteiger partial charge in [0.1, 0.15) is 0 Å². The van der Waals surface area contributed by atoms with Gasteiger partial charge in [-0.3, -0.25) is 0 Å². The van der Waals surface area contributed by atoms with Crippen molar-refractivity contribution in [3.8, 4) is 21.7 Å². The van der Waals surface area contributed by atoms with Crippen LogP contribution in [-0.4, -0.2) is 4.98 Å². The smallest absolute Gasteiger partial charge is 0.306 e. The molecule has 0 bridgehead atoms. The quantitative estimate of drug-likeness (QED) is 0.212. The molecule has 196 valence electrons. The Kier molecular flexibility index (Phi) is 5.95. The molecule has 0 spiro atoms. The highest BCUT2D eigenvalue weighted by atomic mass is 32.2. The Hall–Kier alpha value is -4.07. The lowest BCUT2D eigenvalue weighted by molar-refractivity contribution is -0.137. The maximum Gasteiger partial charge on any atom is 0.416 e. The third kappa shape index (κ3) is 4.17. The van der Waals surface area contributed by atoms with Crippen molar-refractivity contribution in [3.63, 3.8) is 0 Å². The summed E-state index contributed by atoms with van der Waals surface area (Å²) in [6.07, 6.45) is -4.39. The summed E-state index contributed by atoms with van der Waals surface area (Å²) in [5, 5.41) is 3.07. The van der Waals surface area contributed by atoms with Gasteiger partial charge >= 0.3 is 6.18 Å². The summed E-state index contributed by atoms with van der Waals surface area (Å²) in [6.45, 7) is 2.08. The van der Waals surface area contributed by atoms with Gasteiger partial charge in [0, 0.05) is 31.2 Å². The number of nitrogens with zero attached hydrogens (tertiary/aromatic N) is 2. The maximum atomic E-state index is 13.3. The van der Waals surface area contributed by atoms with Crippen molar-refractivity contribution in [3.05, 3.63) is 120 Å². The van der Waals surface area contributed by atoms with Gasteiger partial charge in [-0.05, 0) is 72.5 Å². The SMILES string of the molecule is Cc1ccc(N2c3ccccc3Sc3ccccc32)c2nc(-c3ccc(C(F)(F)F)cc3)cc(-c3cccs3)c12. The third-order valence-corrected chi connectivity index (χ3v) is 9.15. The molecule has 0 aliphatic carbocycles. The van der Waals surface area contributed by atoms with Crippen molar-refractivity contribution >= 4 is 51.1 Å². The van der Waals surface area contributed by atoms with Crippen LogP contribution in [0.2, 0.25) is 0 Å². The minimum atomic E-state index is -4.39. The van der Waals surface area contributed by atoms with E-state index in [1.54, 1.807) is 23.1 Å². The normalized spacial score (nSPS) is 12.8. The molecule has 0 saturated heterocycles. The van der Waals surface area contributed by atoms with Crippen LogP contribution in [0.25, 0.3) is 32.6 Å². The zero-order valence-electron chi connectivity index (χ0n) is 21.2. The number of rotatable bonds is 3. The van der Waals surface area contributed by atoms with E-state index < -0.39 is 11.7 Å². The van der Waals surface area contributed by atoms with E-state index in [0.29, 0.717) is 11.3 Å². The van der Waals surface area contributed by atoms with Crippen molar-refractivity contribution in [2.24, 2.45) is 0 Å². The summed E-state index contributed by atoms with van der Waals surface area (Å²) in [6, 6.07) is 32.2. The fourth-order valence-electron chi connectivity index (χ4n) is 5.24. The van der Waals surface area contributed by atoms with Gasteiger partial charge in [0.2, 0.25) is 0 Å². The van der Waals surface area contributed by atoms with Crippen molar-refractivity contribution in [1.29, 1.82) is 0 Å². The lowest BCUT2D eigenvalue weighted by atomic mass is 9.97. The second-order valence-corrected chi connectivity index (χ2v) is 11.6. The Bertz CT molecular complexity index is 1830. The van der Waals surface area contributed by atoms with Crippen LogP contribution in [-0.2, 0) is 6.18 Å². The van der Waals surface area contributed by atoms with E-state index >= 15 is 0 Å². The van der Waals surface area contributed by atoms with Crippen LogP contribution in [0, 0.1) is 6.92 Å². The maximum absolute atomic E-state index is 13.3. The fraction of sp³-hybridized carbons (Fsp3) is 0.0606. The molecule has 7 heteroatoms. The number of hydrogen-bond acceptors (Lipinski definition) is 4. The van der Waals surface area contributed by atoms with Crippen LogP contribution in [0.4, 0.5) is 30.2 Å². The van der Waals surface area contributed by atoms with Gasteiger partial charge in [-0.1, -0.05) is 60.3 Å². The number of thiophene rings is 1. The Balaban J connectivity index is 1.53. The van der Waals surface area contributed by atoms with Crippen molar-refractivity contribution in [1.82, 2.24) is 4.98 Å². The molecular weight excluding hydrogens is 546 g/mol. The van der Waals surface area contributed by atoms with Crippen molar-refractivity contribution < 1.29 is 13.2 Å². The van der Waals surface area contributed by atoms with Gasteiger partial charge in [0.15, 0.2) is 0 Å². The topological polar surface area (TPSA) is 16.1 Å². The number of aryl methyl sites for hydroxylation is 1. The monoisotopic (exact) mass is 566 g/mol. The Morgan fingerprint density at radius 2 is 1.40 bits per heavy atom. The van der Waals surface area contributed by atoms with E-state index in [0.717, 1.165) is 65.9 Å². The van der Waals surface area contributed by atoms with Crippen LogP contribution >= 0.6 is 23.1 Å². The van der Waals surface area contributed by atoms with Gasteiger partial charge < -0.3 is 4.90 Å². The zero-order chi connectivity index (χ0) is 27.4. The summed E-state index contributed by atoms with van der Waals surface area (Å²) in [5.74, 6) is 0. The predicted octanol–water partition coefficient (Wildman–Crippen LogP) is 10.9. The summed E-state index contributed by atoms with van der Waals surface area (Å²) in [5.41, 5.74) is 6.55. The lowest BCUT2D eigenvalue weighted by Gasteiger charge is -2.33. The number of benzene rings is 4. The molecule has 2 nitrogen and oxygen atoms in total. The van der Waals surface area contributed by atoms with Gasteiger partial charge in [0.25, 0.3) is 0 Å². The molecular formula is C33H21F3N2S2. The van der Waals surface area contributed by atoms with Gasteiger partial charge in [0.05, 0.1) is 33.8 Å². The first kappa shape index (κ1) is 24.9. The Morgan fingerprint density at radius 3 is 2.02 bits per heavy atom. The van der Waals surface area contributed by atoms with Crippen molar-refractivity contribution in [2.45, 2.75) is 22.9 Å². The summed E-state index contributed by atoms with van der Waals surface area (Å²) >= 11 is 3.38. The van der Waals surface area contributed by atoms with E-state index in [1.165, 1.54) is 12.1 Å². The average Bonchev–Trinajstić information content (AvgIpc) is 3.51. The molecule has 4 aromatic carbocycles. The van der Waals surface area contributed by atoms with Crippen LogP contribution in [0.1, 0.15) is 11.1 Å². The molecule has 0 fully saturated rings. The minimum Gasteiger partial charge on any atom is -0.306 e. The van der Waals surface area contributed by atoms with Gasteiger partial charge in [-0.25, -0.2) is 4.98 Å². The molecule has 40 heavy (non-hydrogen) atoms. The average molecular weight is 567 g/mol. The number of pyridine rings is 1. The highest BCUT2D eigenvalue weighted by Crippen LogP contribution is 2.53. The molecule has 1 aliphatic rings. The predicted molar refractivity (Wildman–Crippen MR) is 159 cm³/mol. The number of fused-ring (bicyclic) bond motifs is 3. The highest BCUT2D eigenvalue weighted by Gasteiger charge is 2.30. The molecule has 0 radical (unpaired) electrons. The largest absolute Gasteiger partial charge is 0.416 e. The summed E-state index contributed by atoms with van der Waals surface area (Å²) in [7, 11) is 0. The molecule has 0 atom stereocenters. The summed E-state index contributed by atoms with van der Waals surface area (Å²) < 4.78 is 39.9. The van der Waals surface area contributed by atoms with Crippen LogP contribution in [0.15, 0.2) is 118 Å². The molecule has 1 aliphatic heterocycles. The van der Waals surface area contributed by atoms with Crippen LogP contribution in [0.3, 0.4) is 0 Å². The first-order valence-electron chi connectivity index (χ1n) is 12.7. The van der Waals surface area contributed by atoms with E-state index in [1.807, 2.05) is 41.8 Å². The first-order chi connectivity index (χ1) is 19.4. The molecule has 0 N–H and O–H groups in total. The van der Waals surface area contributed by atoms with Gasteiger partial charge in [-0.2, -0.15) is 13.2 Å². The molecule has 7 rings (SSSR count). The molecule has 0 amide bonds. The van der Waals surface area contributed by atoms with Crippen LogP contribution < -0.4 is 4.90 Å². The van der Waals surface area contributed by atoms with E-state index in [4.69, 9.17) is 4.98 Å². The molecule has 6 aromatic rings. The number of halogens is 3. The second-order valence-electron chi connectivity index (χ2n) is 9.61. The Labute approximate surface area is 237 Å². The number of para-hydroxylation sites is 2.